The number of halogens is 3. The fourth-order valence-corrected chi connectivity index (χ4v) is 2.37. The van der Waals surface area contributed by atoms with E-state index in [1.54, 1.807) is 0 Å². The van der Waals surface area contributed by atoms with Crippen LogP contribution < -0.4 is 5.73 Å². The van der Waals surface area contributed by atoms with Crippen molar-refractivity contribution in [3.05, 3.63) is 18.0 Å². The van der Waals surface area contributed by atoms with Gasteiger partial charge in [0.25, 0.3) is 0 Å². The Hall–Kier alpha value is -1.42. The van der Waals surface area contributed by atoms with Gasteiger partial charge in [0.1, 0.15) is 5.69 Å². The first kappa shape index (κ1) is 12.0. The van der Waals surface area contributed by atoms with Crippen LogP contribution in [0.3, 0.4) is 0 Å². The predicted octanol–water partition coefficient (Wildman–Crippen LogP) is 2.08. The average Bonchev–Trinajstić information content (AvgIpc) is 2.63. The van der Waals surface area contributed by atoms with Crippen LogP contribution in [0, 0.1) is 0 Å². The molecule has 0 unspecified atom stereocenters. The highest BCUT2D eigenvalue weighted by Crippen LogP contribution is 2.31. The minimum atomic E-state index is -4.49. The van der Waals surface area contributed by atoms with E-state index in [0.29, 0.717) is 4.34 Å². The SMILES string of the molecule is Nc1nnc(Sc2nccc(C(F)(F)F)n2)s1. The van der Waals surface area contributed by atoms with Gasteiger partial charge in [0.05, 0.1) is 0 Å². The Morgan fingerprint density at radius 3 is 2.65 bits per heavy atom. The van der Waals surface area contributed by atoms with E-state index < -0.39 is 11.9 Å². The second kappa shape index (κ2) is 4.45. The monoisotopic (exact) mass is 279 g/mol. The highest BCUT2D eigenvalue weighted by molar-refractivity contribution is 8.00. The molecule has 0 spiro atoms. The van der Waals surface area contributed by atoms with Crippen molar-refractivity contribution < 1.29 is 13.2 Å². The van der Waals surface area contributed by atoms with Crippen molar-refractivity contribution in [1.29, 1.82) is 0 Å². The van der Waals surface area contributed by atoms with Crippen molar-refractivity contribution in [2.75, 3.05) is 5.73 Å². The van der Waals surface area contributed by atoms with Crippen LogP contribution in [0.5, 0.6) is 0 Å². The molecule has 2 rings (SSSR count). The Morgan fingerprint density at radius 2 is 2.06 bits per heavy atom. The van der Waals surface area contributed by atoms with Gasteiger partial charge in [-0.2, -0.15) is 13.2 Å². The molecule has 2 N–H and O–H groups in total. The fraction of sp³-hybridized carbons (Fsp3) is 0.143. The van der Waals surface area contributed by atoms with E-state index in [-0.39, 0.29) is 10.3 Å². The Balaban J connectivity index is 2.22. The van der Waals surface area contributed by atoms with Crippen LogP contribution >= 0.6 is 23.1 Å². The van der Waals surface area contributed by atoms with Gasteiger partial charge in [-0.15, -0.1) is 10.2 Å². The summed E-state index contributed by atoms with van der Waals surface area (Å²) >= 11 is 1.93. The lowest BCUT2D eigenvalue weighted by Crippen LogP contribution is -2.08. The highest BCUT2D eigenvalue weighted by Gasteiger charge is 2.32. The third-order valence-electron chi connectivity index (χ3n) is 1.52. The molecule has 0 amide bonds. The average molecular weight is 279 g/mol. The number of rotatable bonds is 2. The first-order valence-corrected chi connectivity index (χ1v) is 5.75. The van der Waals surface area contributed by atoms with E-state index in [1.807, 2.05) is 0 Å². The van der Waals surface area contributed by atoms with Crippen molar-refractivity contribution in [3.8, 4) is 0 Å². The molecule has 17 heavy (non-hydrogen) atoms. The molecule has 0 bridgehead atoms. The Labute approximate surface area is 101 Å². The van der Waals surface area contributed by atoms with Crippen LogP contribution in [0.25, 0.3) is 0 Å². The maximum absolute atomic E-state index is 12.4. The van der Waals surface area contributed by atoms with Crippen molar-refractivity contribution in [3.63, 3.8) is 0 Å². The zero-order valence-corrected chi connectivity index (χ0v) is 9.60. The summed E-state index contributed by atoms with van der Waals surface area (Å²) in [6.45, 7) is 0. The maximum Gasteiger partial charge on any atom is 0.433 e. The molecule has 0 aromatic carbocycles. The van der Waals surface area contributed by atoms with Crippen molar-refractivity contribution in [2.24, 2.45) is 0 Å². The standard InChI is InChI=1S/C7H4F3N5S2/c8-7(9,10)3-1-2-12-5(13-3)17-6-15-14-4(11)16-6/h1-2H,(H2,11,14). The van der Waals surface area contributed by atoms with Gasteiger partial charge in [0, 0.05) is 6.20 Å². The molecule has 2 aromatic rings. The summed E-state index contributed by atoms with van der Waals surface area (Å²) in [6, 6.07) is 0.804. The van der Waals surface area contributed by atoms with E-state index in [9.17, 15) is 13.2 Å². The van der Waals surface area contributed by atoms with Crippen LogP contribution in [-0.2, 0) is 6.18 Å². The van der Waals surface area contributed by atoms with Gasteiger partial charge in [-0.25, -0.2) is 9.97 Å². The summed E-state index contributed by atoms with van der Waals surface area (Å²) in [5.41, 5.74) is 4.35. The van der Waals surface area contributed by atoms with Gasteiger partial charge in [0.2, 0.25) is 5.13 Å². The molecule has 90 valence electrons. The first-order chi connectivity index (χ1) is 7.95. The molecule has 0 aliphatic carbocycles. The molecule has 0 atom stereocenters. The maximum atomic E-state index is 12.4. The van der Waals surface area contributed by atoms with Gasteiger partial charge in [0.15, 0.2) is 9.50 Å². The van der Waals surface area contributed by atoms with Crippen LogP contribution in [0.1, 0.15) is 5.69 Å². The quantitative estimate of drug-likeness (QED) is 0.848. The van der Waals surface area contributed by atoms with Crippen LogP contribution in [0.4, 0.5) is 18.3 Å². The van der Waals surface area contributed by atoms with E-state index in [0.717, 1.165) is 35.4 Å². The summed E-state index contributed by atoms with van der Waals surface area (Å²) in [7, 11) is 0. The third kappa shape index (κ3) is 3.03. The fourth-order valence-electron chi connectivity index (χ4n) is 0.888. The summed E-state index contributed by atoms with van der Waals surface area (Å²) < 4.78 is 37.5. The molecule has 0 aliphatic rings. The Bertz CT molecular complexity index is 526. The summed E-state index contributed by atoms with van der Waals surface area (Å²) in [4.78, 5) is 7.08. The lowest BCUT2D eigenvalue weighted by atomic mass is 10.4. The number of hydrogen-bond acceptors (Lipinski definition) is 7. The van der Waals surface area contributed by atoms with E-state index >= 15 is 0 Å². The van der Waals surface area contributed by atoms with Crippen LogP contribution in [0.15, 0.2) is 21.8 Å². The molecule has 10 heteroatoms. The summed E-state index contributed by atoms with van der Waals surface area (Å²) in [6.07, 6.45) is -3.44. The van der Waals surface area contributed by atoms with Crippen LogP contribution in [0.2, 0.25) is 0 Å². The normalized spacial score (nSPS) is 11.7. The number of nitrogens with zero attached hydrogens (tertiary/aromatic N) is 4. The number of alkyl halides is 3. The topological polar surface area (TPSA) is 77.6 Å². The minimum Gasteiger partial charge on any atom is -0.374 e. The molecule has 0 saturated heterocycles. The molecule has 0 radical (unpaired) electrons. The van der Waals surface area contributed by atoms with Crippen molar-refractivity contribution >= 4 is 28.2 Å². The lowest BCUT2D eigenvalue weighted by molar-refractivity contribution is -0.141. The van der Waals surface area contributed by atoms with Crippen molar-refractivity contribution in [2.45, 2.75) is 15.7 Å². The predicted molar refractivity (Wildman–Crippen MR) is 55.5 cm³/mol. The molecular formula is C7H4F3N5S2. The number of hydrogen-bond donors (Lipinski definition) is 1. The second-order valence-corrected chi connectivity index (χ2v) is 4.95. The van der Waals surface area contributed by atoms with Gasteiger partial charge >= 0.3 is 6.18 Å². The van der Waals surface area contributed by atoms with Crippen molar-refractivity contribution in [1.82, 2.24) is 20.2 Å². The van der Waals surface area contributed by atoms with Gasteiger partial charge in [-0.1, -0.05) is 11.3 Å². The Morgan fingerprint density at radius 1 is 1.29 bits per heavy atom. The number of nitrogen functional groups attached to an aromatic ring is 1. The molecule has 0 aliphatic heterocycles. The van der Waals surface area contributed by atoms with Gasteiger partial charge in [-0.3, -0.25) is 0 Å². The zero-order valence-electron chi connectivity index (χ0n) is 7.97. The molecule has 5 nitrogen and oxygen atoms in total. The Kier molecular flexibility index (Phi) is 3.15. The van der Waals surface area contributed by atoms with Gasteiger partial charge < -0.3 is 5.73 Å². The van der Waals surface area contributed by atoms with E-state index in [1.165, 1.54) is 0 Å². The third-order valence-corrected chi connectivity index (χ3v) is 3.21. The van der Waals surface area contributed by atoms with Crippen LogP contribution in [-0.4, -0.2) is 20.2 Å². The molecular weight excluding hydrogens is 275 g/mol. The molecule has 0 fully saturated rings. The van der Waals surface area contributed by atoms with E-state index in [2.05, 4.69) is 20.2 Å². The summed E-state index contributed by atoms with van der Waals surface area (Å²) in [5, 5.41) is 7.37. The largest absolute Gasteiger partial charge is 0.433 e. The van der Waals surface area contributed by atoms with Gasteiger partial charge in [-0.05, 0) is 17.8 Å². The number of nitrogens with two attached hydrogens (primary N) is 1. The number of anilines is 1. The summed E-state index contributed by atoms with van der Waals surface area (Å²) in [5.74, 6) is 0. The molecule has 2 heterocycles. The smallest absolute Gasteiger partial charge is 0.374 e. The molecule has 0 saturated carbocycles. The second-order valence-electron chi connectivity index (χ2n) is 2.73. The minimum absolute atomic E-state index is 0.0454. The lowest BCUT2D eigenvalue weighted by Gasteiger charge is -2.05. The highest BCUT2D eigenvalue weighted by atomic mass is 32.2. The number of aromatic nitrogens is 4. The van der Waals surface area contributed by atoms with E-state index in [4.69, 9.17) is 5.73 Å². The first-order valence-electron chi connectivity index (χ1n) is 4.12. The zero-order chi connectivity index (χ0) is 12.5. The molecule has 2 aromatic heterocycles.